The Morgan fingerprint density at radius 1 is 1.47 bits per heavy atom. The van der Waals surface area contributed by atoms with Crippen molar-refractivity contribution < 1.29 is 14.3 Å². The predicted molar refractivity (Wildman–Crippen MR) is 55.8 cm³/mol. The maximum atomic E-state index is 11.5. The maximum absolute atomic E-state index is 11.5. The number of pyridine rings is 1. The zero-order valence-electron chi connectivity index (χ0n) is 8.82. The molecule has 0 aromatic carbocycles. The lowest BCUT2D eigenvalue weighted by Crippen LogP contribution is -2.09. The van der Waals surface area contributed by atoms with Crippen LogP contribution in [0.25, 0.3) is 0 Å². The summed E-state index contributed by atoms with van der Waals surface area (Å²) in [5, 5.41) is 0. The molecule has 0 fully saturated rings. The van der Waals surface area contributed by atoms with Crippen LogP contribution >= 0.6 is 0 Å². The van der Waals surface area contributed by atoms with E-state index in [9.17, 15) is 4.79 Å². The van der Waals surface area contributed by atoms with Crippen molar-refractivity contribution in [2.24, 2.45) is 0 Å². The number of hydrogen-bond donors (Lipinski definition) is 1. The van der Waals surface area contributed by atoms with E-state index in [-0.39, 0.29) is 11.4 Å². The number of anilines is 1. The lowest BCUT2D eigenvalue weighted by atomic mass is 10.2. The molecule has 0 aliphatic heterocycles. The third-order valence-electron chi connectivity index (χ3n) is 1.65. The van der Waals surface area contributed by atoms with Gasteiger partial charge >= 0.3 is 5.97 Å². The van der Waals surface area contributed by atoms with Crippen molar-refractivity contribution in [1.29, 1.82) is 0 Å². The highest BCUT2D eigenvalue weighted by Crippen LogP contribution is 2.18. The van der Waals surface area contributed by atoms with E-state index in [4.69, 9.17) is 15.2 Å². The monoisotopic (exact) mass is 210 g/mol. The second-order valence-electron chi connectivity index (χ2n) is 2.77. The van der Waals surface area contributed by atoms with E-state index >= 15 is 0 Å². The largest absolute Gasteiger partial charge is 0.477 e. The molecular formula is C10H14N2O3. The normalized spacial score (nSPS) is 9.73. The van der Waals surface area contributed by atoms with Gasteiger partial charge in [-0.15, -0.1) is 0 Å². The molecule has 5 nitrogen and oxygen atoms in total. The molecule has 5 heteroatoms. The van der Waals surface area contributed by atoms with Gasteiger partial charge in [0.05, 0.1) is 25.1 Å². The van der Waals surface area contributed by atoms with Crippen molar-refractivity contribution in [3.63, 3.8) is 0 Å². The summed E-state index contributed by atoms with van der Waals surface area (Å²) < 4.78 is 10.0. The Labute approximate surface area is 88.2 Å². The Kier molecular flexibility index (Phi) is 3.91. The van der Waals surface area contributed by atoms with Gasteiger partial charge in [0.15, 0.2) is 0 Å². The molecule has 0 saturated carbocycles. The number of rotatable bonds is 4. The molecule has 1 heterocycles. The predicted octanol–water partition coefficient (Wildman–Crippen LogP) is 1.24. The number of carbonyl (C=O) groups excluding carboxylic acids is 1. The molecule has 2 N–H and O–H groups in total. The summed E-state index contributed by atoms with van der Waals surface area (Å²) in [6.07, 6.45) is 1.44. The van der Waals surface area contributed by atoms with Crippen molar-refractivity contribution in [3.8, 4) is 5.88 Å². The molecule has 1 aromatic heterocycles. The zero-order chi connectivity index (χ0) is 11.3. The molecule has 0 bridgehead atoms. The van der Waals surface area contributed by atoms with Gasteiger partial charge in [-0.25, -0.2) is 9.78 Å². The van der Waals surface area contributed by atoms with Crippen LogP contribution in [0, 0.1) is 0 Å². The Morgan fingerprint density at radius 2 is 2.20 bits per heavy atom. The summed E-state index contributed by atoms with van der Waals surface area (Å²) in [5.74, 6) is -0.217. The first kappa shape index (κ1) is 11.3. The lowest BCUT2D eigenvalue weighted by Gasteiger charge is -2.08. The number of nitrogens with zero attached hydrogens (tertiary/aromatic N) is 1. The van der Waals surface area contributed by atoms with Crippen LogP contribution in [0.4, 0.5) is 5.69 Å². The van der Waals surface area contributed by atoms with Crippen LogP contribution in [-0.4, -0.2) is 24.2 Å². The quantitative estimate of drug-likeness (QED) is 0.757. The smallest absolute Gasteiger partial charge is 0.343 e. The van der Waals surface area contributed by atoms with Gasteiger partial charge < -0.3 is 15.2 Å². The summed E-state index contributed by atoms with van der Waals surface area (Å²) in [4.78, 5) is 15.4. The number of nitrogens with two attached hydrogens (primary N) is 1. The first-order valence-corrected chi connectivity index (χ1v) is 4.74. The number of carbonyl (C=O) groups is 1. The summed E-state index contributed by atoms with van der Waals surface area (Å²) in [7, 11) is 0. The topological polar surface area (TPSA) is 74.4 Å². The highest BCUT2D eigenvalue weighted by Gasteiger charge is 2.15. The van der Waals surface area contributed by atoms with E-state index in [0.717, 1.165) is 0 Å². The van der Waals surface area contributed by atoms with Gasteiger partial charge in [0, 0.05) is 0 Å². The average Bonchev–Trinajstić information content (AvgIpc) is 2.21. The van der Waals surface area contributed by atoms with Gasteiger partial charge in [0.2, 0.25) is 5.88 Å². The second-order valence-corrected chi connectivity index (χ2v) is 2.77. The lowest BCUT2D eigenvalue weighted by molar-refractivity contribution is 0.0521. The van der Waals surface area contributed by atoms with Crippen LogP contribution in [-0.2, 0) is 4.74 Å². The molecule has 0 aliphatic carbocycles. The van der Waals surface area contributed by atoms with Crippen molar-refractivity contribution in [2.45, 2.75) is 13.8 Å². The summed E-state index contributed by atoms with van der Waals surface area (Å²) in [6, 6.07) is 1.50. The molecular weight excluding hydrogens is 196 g/mol. The van der Waals surface area contributed by atoms with Gasteiger partial charge in [-0.2, -0.15) is 0 Å². The van der Waals surface area contributed by atoms with E-state index in [1.807, 2.05) is 6.92 Å². The fourth-order valence-electron chi connectivity index (χ4n) is 1.08. The highest BCUT2D eigenvalue weighted by atomic mass is 16.5. The van der Waals surface area contributed by atoms with Crippen LogP contribution in [0.2, 0.25) is 0 Å². The molecule has 0 atom stereocenters. The maximum Gasteiger partial charge on any atom is 0.343 e. The van der Waals surface area contributed by atoms with Crippen LogP contribution < -0.4 is 10.5 Å². The van der Waals surface area contributed by atoms with E-state index in [2.05, 4.69) is 4.98 Å². The van der Waals surface area contributed by atoms with Gasteiger partial charge in [0.1, 0.15) is 5.56 Å². The number of aromatic nitrogens is 1. The third-order valence-corrected chi connectivity index (χ3v) is 1.65. The number of esters is 1. The average molecular weight is 210 g/mol. The molecule has 0 aliphatic rings. The van der Waals surface area contributed by atoms with Crippen molar-refractivity contribution in [3.05, 3.63) is 17.8 Å². The van der Waals surface area contributed by atoms with Crippen LogP contribution in [0.5, 0.6) is 5.88 Å². The number of nitrogen functional groups attached to an aromatic ring is 1. The Balaban J connectivity index is 3.00. The summed E-state index contributed by atoms with van der Waals surface area (Å²) in [5.41, 5.74) is 6.20. The van der Waals surface area contributed by atoms with Crippen LogP contribution in [0.1, 0.15) is 24.2 Å². The van der Waals surface area contributed by atoms with Crippen molar-refractivity contribution in [1.82, 2.24) is 4.98 Å². The van der Waals surface area contributed by atoms with Gasteiger partial charge in [-0.05, 0) is 19.9 Å². The first-order chi connectivity index (χ1) is 7.19. The molecule has 0 spiro atoms. The Hall–Kier alpha value is -1.78. The Morgan fingerprint density at radius 3 is 2.80 bits per heavy atom. The van der Waals surface area contributed by atoms with E-state index in [1.54, 1.807) is 6.92 Å². The summed E-state index contributed by atoms with van der Waals surface area (Å²) in [6.45, 7) is 4.29. The molecule has 1 aromatic rings. The number of hydrogen-bond acceptors (Lipinski definition) is 5. The second kappa shape index (κ2) is 5.19. The SMILES string of the molecule is CCOC(=O)c1cc(N)cnc1OCC. The van der Waals surface area contributed by atoms with Gasteiger partial charge in [-0.3, -0.25) is 0 Å². The van der Waals surface area contributed by atoms with Crippen LogP contribution in [0.3, 0.4) is 0 Å². The standard InChI is InChI=1S/C10H14N2O3/c1-3-14-9-8(10(13)15-4-2)5-7(11)6-12-9/h5-6H,3-4,11H2,1-2H3. The van der Waals surface area contributed by atoms with Crippen LogP contribution in [0.15, 0.2) is 12.3 Å². The first-order valence-electron chi connectivity index (χ1n) is 4.74. The van der Waals surface area contributed by atoms with E-state index in [1.165, 1.54) is 12.3 Å². The zero-order valence-corrected chi connectivity index (χ0v) is 8.82. The Bertz CT molecular complexity index is 353. The third kappa shape index (κ3) is 2.83. The fourth-order valence-corrected chi connectivity index (χ4v) is 1.08. The van der Waals surface area contributed by atoms with Crippen molar-refractivity contribution >= 4 is 11.7 Å². The number of ether oxygens (including phenoxy) is 2. The molecule has 0 unspecified atom stereocenters. The molecule has 1 rings (SSSR count). The molecule has 15 heavy (non-hydrogen) atoms. The minimum absolute atomic E-state index is 0.255. The van der Waals surface area contributed by atoms with E-state index < -0.39 is 5.97 Å². The van der Waals surface area contributed by atoms with Gasteiger partial charge in [-0.1, -0.05) is 0 Å². The highest BCUT2D eigenvalue weighted by molar-refractivity contribution is 5.92. The molecule has 82 valence electrons. The molecule has 0 radical (unpaired) electrons. The fraction of sp³-hybridized carbons (Fsp3) is 0.400. The minimum Gasteiger partial charge on any atom is -0.477 e. The van der Waals surface area contributed by atoms with E-state index in [0.29, 0.717) is 18.9 Å². The van der Waals surface area contributed by atoms with Crippen molar-refractivity contribution in [2.75, 3.05) is 18.9 Å². The van der Waals surface area contributed by atoms with Gasteiger partial charge in [0.25, 0.3) is 0 Å². The molecule has 0 amide bonds. The minimum atomic E-state index is -0.472. The molecule has 0 saturated heterocycles. The summed E-state index contributed by atoms with van der Waals surface area (Å²) >= 11 is 0.